The summed E-state index contributed by atoms with van der Waals surface area (Å²) in [6, 6.07) is 18.5. The number of nitriles is 1. The van der Waals surface area contributed by atoms with Crippen LogP contribution >= 0.6 is 11.6 Å². The zero-order chi connectivity index (χ0) is 12.6. The first-order chi connectivity index (χ1) is 8.73. The Kier molecular flexibility index (Phi) is 2.61. The standard InChI is InChI=1S/C16H12ClN/c17-15-3-1-2-13(10-15)12-4-6-14(7-5-12)16(11-18)8-9-16/h1-7,10H,8-9H2. The van der Waals surface area contributed by atoms with Crippen molar-refractivity contribution < 1.29 is 0 Å². The Bertz CT molecular complexity index is 618. The molecule has 0 atom stereocenters. The van der Waals surface area contributed by atoms with E-state index in [0.29, 0.717) is 0 Å². The molecule has 1 aliphatic carbocycles. The molecule has 0 spiro atoms. The van der Waals surface area contributed by atoms with Crippen LogP contribution in [0.4, 0.5) is 0 Å². The van der Waals surface area contributed by atoms with Gasteiger partial charge in [0.25, 0.3) is 0 Å². The zero-order valence-electron chi connectivity index (χ0n) is 9.86. The lowest BCUT2D eigenvalue weighted by Gasteiger charge is -2.08. The molecule has 2 aromatic rings. The minimum Gasteiger partial charge on any atom is -0.197 e. The van der Waals surface area contributed by atoms with E-state index in [2.05, 4.69) is 30.3 Å². The largest absolute Gasteiger partial charge is 0.197 e. The second-order valence-electron chi connectivity index (χ2n) is 4.78. The molecule has 0 bridgehead atoms. The minimum atomic E-state index is -0.202. The van der Waals surface area contributed by atoms with Gasteiger partial charge in [-0.25, -0.2) is 0 Å². The number of benzene rings is 2. The van der Waals surface area contributed by atoms with Crippen LogP contribution in [0.5, 0.6) is 0 Å². The van der Waals surface area contributed by atoms with Crippen LogP contribution in [0.2, 0.25) is 5.02 Å². The predicted octanol–water partition coefficient (Wildman–Crippen LogP) is 4.56. The van der Waals surface area contributed by atoms with Crippen molar-refractivity contribution in [2.75, 3.05) is 0 Å². The van der Waals surface area contributed by atoms with Crippen LogP contribution in [0.15, 0.2) is 48.5 Å². The molecule has 1 saturated carbocycles. The molecule has 1 fully saturated rings. The van der Waals surface area contributed by atoms with Crippen LogP contribution in [0.25, 0.3) is 11.1 Å². The van der Waals surface area contributed by atoms with Crippen LogP contribution < -0.4 is 0 Å². The highest BCUT2D eigenvalue weighted by Crippen LogP contribution is 2.47. The van der Waals surface area contributed by atoms with Gasteiger partial charge in [-0.1, -0.05) is 48.0 Å². The molecule has 0 aromatic heterocycles. The van der Waals surface area contributed by atoms with Gasteiger partial charge in [0, 0.05) is 5.02 Å². The van der Waals surface area contributed by atoms with Gasteiger partial charge in [0.15, 0.2) is 0 Å². The molecule has 0 saturated heterocycles. The quantitative estimate of drug-likeness (QED) is 0.770. The lowest BCUT2D eigenvalue weighted by molar-refractivity contribution is 0.909. The van der Waals surface area contributed by atoms with E-state index in [9.17, 15) is 0 Å². The Labute approximate surface area is 112 Å². The highest BCUT2D eigenvalue weighted by molar-refractivity contribution is 6.30. The summed E-state index contributed by atoms with van der Waals surface area (Å²) < 4.78 is 0. The number of hydrogen-bond acceptors (Lipinski definition) is 1. The van der Waals surface area contributed by atoms with E-state index in [1.54, 1.807) is 0 Å². The molecule has 0 amide bonds. The van der Waals surface area contributed by atoms with E-state index in [1.807, 2.05) is 24.3 Å². The van der Waals surface area contributed by atoms with Gasteiger partial charge >= 0.3 is 0 Å². The first kappa shape index (κ1) is 11.3. The molecule has 0 N–H and O–H groups in total. The van der Waals surface area contributed by atoms with Crippen molar-refractivity contribution in [3.8, 4) is 17.2 Å². The summed E-state index contributed by atoms with van der Waals surface area (Å²) in [6.07, 6.45) is 1.97. The minimum absolute atomic E-state index is 0.202. The number of nitrogens with zero attached hydrogens (tertiary/aromatic N) is 1. The first-order valence-corrected chi connectivity index (χ1v) is 6.39. The van der Waals surface area contributed by atoms with Crippen LogP contribution in [0.3, 0.4) is 0 Å². The van der Waals surface area contributed by atoms with Gasteiger partial charge in [0.2, 0.25) is 0 Å². The van der Waals surface area contributed by atoms with Crippen molar-refractivity contribution in [2.45, 2.75) is 18.3 Å². The third-order valence-corrected chi connectivity index (χ3v) is 3.79. The van der Waals surface area contributed by atoms with Gasteiger partial charge in [-0.2, -0.15) is 5.26 Å². The topological polar surface area (TPSA) is 23.8 Å². The molecule has 0 aliphatic heterocycles. The average molecular weight is 254 g/mol. The molecule has 0 radical (unpaired) electrons. The Hall–Kier alpha value is -1.78. The zero-order valence-corrected chi connectivity index (χ0v) is 10.6. The summed E-state index contributed by atoms with van der Waals surface area (Å²) in [6.45, 7) is 0. The van der Waals surface area contributed by atoms with Crippen molar-refractivity contribution in [3.63, 3.8) is 0 Å². The first-order valence-electron chi connectivity index (χ1n) is 6.01. The molecular formula is C16H12ClN. The van der Waals surface area contributed by atoms with E-state index >= 15 is 0 Å². The predicted molar refractivity (Wildman–Crippen MR) is 73.4 cm³/mol. The average Bonchev–Trinajstić information content (AvgIpc) is 3.20. The molecule has 0 unspecified atom stereocenters. The molecule has 2 aromatic carbocycles. The highest BCUT2D eigenvalue weighted by Gasteiger charge is 2.44. The fourth-order valence-corrected chi connectivity index (χ4v) is 2.43. The maximum Gasteiger partial charge on any atom is 0.0823 e. The second-order valence-corrected chi connectivity index (χ2v) is 5.22. The van der Waals surface area contributed by atoms with Crippen LogP contribution in [0.1, 0.15) is 18.4 Å². The van der Waals surface area contributed by atoms with Gasteiger partial charge < -0.3 is 0 Å². The summed E-state index contributed by atoms with van der Waals surface area (Å²) in [4.78, 5) is 0. The fourth-order valence-electron chi connectivity index (χ4n) is 2.24. The van der Waals surface area contributed by atoms with E-state index in [4.69, 9.17) is 16.9 Å². The van der Waals surface area contributed by atoms with Crippen LogP contribution in [0, 0.1) is 11.3 Å². The SMILES string of the molecule is N#CC1(c2ccc(-c3cccc(Cl)c3)cc2)CC1. The van der Waals surface area contributed by atoms with E-state index < -0.39 is 0 Å². The molecule has 1 nitrogen and oxygen atoms in total. The summed E-state index contributed by atoms with van der Waals surface area (Å²) in [7, 11) is 0. The van der Waals surface area contributed by atoms with Gasteiger partial charge in [0.05, 0.1) is 11.5 Å². The van der Waals surface area contributed by atoms with Gasteiger partial charge in [-0.15, -0.1) is 0 Å². The maximum absolute atomic E-state index is 9.17. The molecular weight excluding hydrogens is 242 g/mol. The van der Waals surface area contributed by atoms with Gasteiger partial charge in [-0.3, -0.25) is 0 Å². The Balaban J connectivity index is 1.95. The summed E-state index contributed by atoms with van der Waals surface area (Å²) in [5.74, 6) is 0. The summed E-state index contributed by atoms with van der Waals surface area (Å²) in [5, 5.41) is 9.91. The molecule has 1 aliphatic rings. The smallest absolute Gasteiger partial charge is 0.0823 e. The Morgan fingerprint density at radius 3 is 2.28 bits per heavy atom. The normalized spacial score (nSPS) is 16.0. The van der Waals surface area contributed by atoms with Crippen molar-refractivity contribution in [1.82, 2.24) is 0 Å². The molecule has 18 heavy (non-hydrogen) atoms. The highest BCUT2D eigenvalue weighted by atomic mass is 35.5. The van der Waals surface area contributed by atoms with Gasteiger partial charge in [0.1, 0.15) is 0 Å². The van der Waals surface area contributed by atoms with E-state index in [-0.39, 0.29) is 5.41 Å². The lowest BCUT2D eigenvalue weighted by Crippen LogP contribution is -2.01. The monoisotopic (exact) mass is 253 g/mol. The number of halogens is 1. The van der Waals surface area contributed by atoms with E-state index in [1.165, 1.54) is 0 Å². The second kappa shape index (κ2) is 4.15. The fraction of sp³-hybridized carbons (Fsp3) is 0.188. The molecule has 88 valence electrons. The number of rotatable bonds is 2. The van der Waals surface area contributed by atoms with Crippen molar-refractivity contribution in [1.29, 1.82) is 5.26 Å². The Morgan fingerprint density at radius 1 is 1.00 bits per heavy atom. The lowest BCUT2D eigenvalue weighted by atomic mass is 9.95. The van der Waals surface area contributed by atoms with Crippen LogP contribution in [-0.4, -0.2) is 0 Å². The number of hydrogen-bond donors (Lipinski definition) is 0. The Morgan fingerprint density at radius 2 is 1.72 bits per heavy atom. The maximum atomic E-state index is 9.17. The molecule has 3 rings (SSSR count). The third-order valence-electron chi connectivity index (χ3n) is 3.56. The van der Waals surface area contributed by atoms with Crippen LogP contribution in [-0.2, 0) is 5.41 Å². The van der Waals surface area contributed by atoms with Gasteiger partial charge in [-0.05, 0) is 41.7 Å². The van der Waals surface area contributed by atoms with Crippen molar-refractivity contribution >= 4 is 11.6 Å². The third kappa shape index (κ3) is 1.89. The van der Waals surface area contributed by atoms with Crippen molar-refractivity contribution in [3.05, 3.63) is 59.1 Å². The molecule has 2 heteroatoms. The van der Waals surface area contributed by atoms with Crippen molar-refractivity contribution in [2.24, 2.45) is 0 Å². The molecule has 0 heterocycles. The summed E-state index contributed by atoms with van der Waals surface area (Å²) in [5.41, 5.74) is 3.17. The van der Waals surface area contributed by atoms with E-state index in [0.717, 1.165) is 34.6 Å². The summed E-state index contributed by atoms with van der Waals surface area (Å²) >= 11 is 5.99.